The number of ether oxygens (including phenoxy) is 3. The molecule has 0 atom stereocenters. The molecule has 0 aromatic heterocycles. The summed E-state index contributed by atoms with van der Waals surface area (Å²) < 4.78 is 14.9. The summed E-state index contributed by atoms with van der Waals surface area (Å²) >= 11 is 0. The van der Waals surface area contributed by atoms with Crippen LogP contribution in [0.5, 0.6) is 23.0 Å². The van der Waals surface area contributed by atoms with E-state index in [1.807, 2.05) is 0 Å². The lowest BCUT2D eigenvalue weighted by molar-refractivity contribution is -0.139. The summed E-state index contributed by atoms with van der Waals surface area (Å²) in [6, 6.07) is 8.94. The molecule has 2 aromatic carbocycles. The van der Waals surface area contributed by atoms with Gasteiger partial charge in [0.1, 0.15) is 11.3 Å². The summed E-state index contributed by atoms with van der Waals surface area (Å²) in [5.41, 5.74) is 0.534. The number of phenols is 2. The van der Waals surface area contributed by atoms with Gasteiger partial charge in [0.25, 0.3) is 0 Å². The predicted molar refractivity (Wildman–Crippen MR) is 119 cm³/mol. The second-order valence-electron chi connectivity index (χ2n) is 6.37. The van der Waals surface area contributed by atoms with E-state index in [4.69, 9.17) is 14.2 Å². The van der Waals surface area contributed by atoms with Crippen molar-refractivity contribution in [3.8, 4) is 23.0 Å². The molecule has 0 aliphatic carbocycles. The molecule has 0 saturated heterocycles. The molecule has 0 amide bonds. The lowest BCUT2D eigenvalue weighted by Gasteiger charge is -2.06. The van der Waals surface area contributed by atoms with Gasteiger partial charge in [0, 0.05) is 0 Å². The fourth-order valence-corrected chi connectivity index (χ4v) is 2.64. The Hall–Kier alpha value is -4.20. The van der Waals surface area contributed by atoms with E-state index in [1.54, 1.807) is 19.1 Å². The first-order chi connectivity index (χ1) is 15.3. The minimum absolute atomic E-state index is 0.0145. The first-order valence-corrected chi connectivity index (χ1v) is 9.55. The van der Waals surface area contributed by atoms with Crippen LogP contribution in [0, 0.1) is 0 Å². The Morgan fingerprint density at radius 3 is 1.84 bits per heavy atom. The second-order valence-corrected chi connectivity index (χ2v) is 6.37. The Morgan fingerprint density at radius 1 is 0.875 bits per heavy atom. The smallest absolute Gasteiger partial charge is 0.345 e. The van der Waals surface area contributed by atoms with Gasteiger partial charge in [0.15, 0.2) is 28.8 Å². The summed E-state index contributed by atoms with van der Waals surface area (Å²) in [6.45, 7) is 1.59. The summed E-state index contributed by atoms with van der Waals surface area (Å²) in [6.07, 6.45) is 5.13. The molecule has 2 rings (SSSR count). The van der Waals surface area contributed by atoms with Crippen LogP contribution in [0.3, 0.4) is 0 Å². The fraction of sp³-hybridized carbons (Fsp3) is 0.167. The van der Waals surface area contributed by atoms with Crippen molar-refractivity contribution in [2.45, 2.75) is 6.92 Å². The zero-order chi connectivity index (χ0) is 23.7. The zero-order valence-corrected chi connectivity index (χ0v) is 17.9. The highest BCUT2D eigenvalue weighted by Gasteiger charge is 2.22. The highest BCUT2D eigenvalue weighted by Crippen LogP contribution is 2.28. The van der Waals surface area contributed by atoms with E-state index in [0.29, 0.717) is 11.1 Å². The van der Waals surface area contributed by atoms with E-state index in [2.05, 4.69) is 0 Å². The Morgan fingerprint density at radius 2 is 1.38 bits per heavy atom. The summed E-state index contributed by atoms with van der Waals surface area (Å²) in [7, 11) is 2.79. The molecule has 168 valence electrons. The third-order valence-corrected chi connectivity index (χ3v) is 4.25. The SMILES string of the molecule is CCOC(=O)/C(C(=O)/C=C/c1ccc(O)c(OC)c1)=C(O)\C=C\c1ccc(O)c(OC)c1. The molecule has 0 bridgehead atoms. The molecule has 0 saturated carbocycles. The van der Waals surface area contributed by atoms with Crippen molar-refractivity contribution in [1.29, 1.82) is 0 Å². The van der Waals surface area contributed by atoms with Gasteiger partial charge in [0.05, 0.1) is 20.8 Å². The van der Waals surface area contributed by atoms with Gasteiger partial charge in [-0.1, -0.05) is 24.3 Å². The van der Waals surface area contributed by atoms with Crippen LogP contribution in [0.25, 0.3) is 12.2 Å². The second kappa shape index (κ2) is 11.3. The molecule has 0 unspecified atom stereocenters. The molecular formula is C24H24O8. The molecule has 32 heavy (non-hydrogen) atoms. The number of rotatable bonds is 9. The fourth-order valence-electron chi connectivity index (χ4n) is 2.64. The van der Waals surface area contributed by atoms with E-state index in [0.717, 1.165) is 6.08 Å². The molecule has 0 radical (unpaired) electrons. The van der Waals surface area contributed by atoms with Crippen LogP contribution in [0.4, 0.5) is 0 Å². The Balaban J connectivity index is 2.36. The molecule has 3 N–H and O–H groups in total. The van der Waals surface area contributed by atoms with Crippen molar-refractivity contribution in [2.24, 2.45) is 0 Å². The van der Waals surface area contributed by atoms with Crippen molar-refractivity contribution >= 4 is 23.9 Å². The first-order valence-electron chi connectivity index (χ1n) is 9.55. The number of benzene rings is 2. The van der Waals surface area contributed by atoms with Crippen LogP contribution in [0.1, 0.15) is 18.1 Å². The quantitative estimate of drug-likeness (QED) is 0.134. The van der Waals surface area contributed by atoms with Crippen LogP contribution in [-0.4, -0.2) is 47.9 Å². The molecule has 2 aromatic rings. The Labute approximate surface area is 185 Å². The van der Waals surface area contributed by atoms with Gasteiger partial charge in [-0.3, -0.25) is 4.79 Å². The van der Waals surface area contributed by atoms with Crippen molar-refractivity contribution in [3.63, 3.8) is 0 Å². The number of phenolic OH excluding ortho intramolecular Hbond substituents is 2. The maximum Gasteiger partial charge on any atom is 0.345 e. The number of allylic oxidation sites excluding steroid dienone is 2. The molecule has 8 heteroatoms. The molecule has 0 aliphatic heterocycles. The standard InChI is InChI=1S/C24H24O8/c1-4-32-24(29)23(19(27)11-7-15-5-9-17(25)21(13-15)30-2)20(28)12-8-16-6-10-18(26)22(14-16)31-3/h5-14,25-27H,4H2,1-3H3/b11-7+,12-8+,23-19+. The van der Waals surface area contributed by atoms with Gasteiger partial charge in [-0.25, -0.2) is 4.79 Å². The number of carbonyl (C=O) groups excluding carboxylic acids is 2. The van der Waals surface area contributed by atoms with E-state index < -0.39 is 23.1 Å². The highest BCUT2D eigenvalue weighted by molar-refractivity contribution is 6.23. The first kappa shape index (κ1) is 24.1. The Kier molecular flexibility index (Phi) is 8.47. The van der Waals surface area contributed by atoms with Crippen LogP contribution < -0.4 is 9.47 Å². The maximum absolute atomic E-state index is 12.7. The monoisotopic (exact) mass is 440 g/mol. The van der Waals surface area contributed by atoms with Crippen LogP contribution in [0.2, 0.25) is 0 Å². The minimum atomic E-state index is -0.976. The largest absolute Gasteiger partial charge is 0.507 e. The number of hydrogen-bond donors (Lipinski definition) is 3. The highest BCUT2D eigenvalue weighted by atomic mass is 16.5. The third kappa shape index (κ3) is 6.15. The summed E-state index contributed by atoms with van der Waals surface area (Å²) in [5, 5.41) is 29.8. The van der Waals surface area contributed by atoms with E-state index in [-0.39, 0.29) is 29.6 Å². The van der Waals surface area contributed by atoms with Gasteiger partial charge >= 0.3 is 5.97 Å². The van der Waals surface area contributed by atoms with E-state index in [1.165, 1.54) is 56.7 Å². The molecule has 0 fully saturated rings. The van der Waals surface area contributed by atoms with Crippen LogP contribution >= 0.6 is 0 Å². The normalized spacial score (nSPS) is 12.0. The molecular weight excluding hydrogens is 416 g/mol. The number of methoxy groups -OCH3 is 2. The lowest BCUT2D eigenvalue weighted by atomic mass is 10.1. The van der Waals surface area contributed by atoms with Crippen molar-refractivity contribution in [2.75, 3.05) is 20.8 Å². The van der Waals surface area contributed by atoms with Gasteiger partial charge in [0.2, 0.25) is 0 Å². The van der Waals surface area contributed by atoms with Gasteiger partial charge < -0.3 is 29.5 Å². The third-order valence-electron chi connectivity index (χ3n) is 4.25. The lowest BCUT2D eigenvalue weighted by Crippen LogP contribution is -2.16. The molecule has 0 heterocycles. The minimum Gasteiger partial charge on any atom is -0.507 e. The number of aromatic hydroxyl groups is 2. The average molecular weight is 440 g/mol. The number of carbonyl (C=O) groups is 2. The van der Waals surface area contributed by atoms with Gasteiger partial charge in [-0.05, 0) is 54.5 Å². The number of ketones is 1. The average Bonchev–Trinajstić information content (AvgIpc) is 2.78. The topological polar surface area (TPSA) is 123 Å². The predicted octanol–water partition coefficient (Wildman–Crippen LogP) is 3.79. The Bertz CT molecular complexity index is 1080. The number of aliphatic hydroxyl groups excluding tert-OH is 1. The number of hydrogen-bond acceptors (Lipinski definition) is 8. The van der Waals surface area contributed by atoms with Crippen molar-refractivity contribution in [3.05, 3.63) is 71.0 Å². The number of aliphatic hydroxyl groups is 1. The number of esters is 1. The zero-order valence-electron chi connectivity index (χ0n) is 17.9. The van der Waals surface area contributed by atoms with Crippen LogP contribution in [-0.2, 0) is 14.3 Å². The molecule has 0 aliphatic rings. The summed E-state index contributed by atoms with van der Waals surface area (Å²) in [5.74, 6) is -2.01. The van der Waals surface area contributed by atoms with Crippen LogP contribution in [0.15, 0.2) is 59.9 Å². The van der Waals surface area contributed by atoms with Crippen molar-refractivity contribution < 1.29 is 39.1 Å². The molecule has 8 nitrogen and oxygen atoms in total. The van der Waals surface area contributed by atoms with Crippen molar-refractivity contribution in [1.82, 2.24) is 0 Å². The summed E-state index contributed by atoms with van der Waals surface area (Å²) in [4.78, 5) is 25.0. The maximum atomic E-state index is 12.7. The molecule has 0 spiro atoms. The van der Waals surface area contributed by atoms with E-state index >= 15 is 0 Å². The van der Waals surface area contributed by atoms with E-state index in [9.17, 15) is 24.9 Å². The van der Waals surface area contributed by atoms with Gasteiger partial charge in [-0.15, -0.1) is 0 Å². The van der Waals surface area contributed by atoms with Gasteiger partial charge in [-0.2, -0.15) is 0 Å².